The first kappa shape index (κ1) is 24.3. The molecule has 184 valence electrons. The third kappa shape index (κ3) is 5.14. The molecule has 3 heterocycles. The minimum atomic E-state index is -4.38. The van der Waals surface area contributed by atoms with Crippen LogP contribution in [0.3, 0.4) is 0 Å². The SMILES string of the molecule is CCN1C[C@@H](N2CCC(N(c3ccc(C(F)(F)F)cc3)c3cnccc3OC)CC2)CCC1=O. The number of pyridine rings is 1. The lowest BCUT2D eigenvalue weighted by molar-refractivity contribution is -0.137. The van der Waals surface area contributed by atoms with E-state index in [1.54, 1.807) is 25.6 Å². The van der Waals surface area contributed by atoms with Crippen molar-refractivity contribution >= 4 is 17.3 Å². The van der Waals surface area contributed by atoms with Crippen molar-refractivity contribution in [1.82, 2.24) is 14.8 Å². The maximum absolute atomic E-state index is 13.1. The molecule has 9 heteroatoms. The van der Waals surface area contributed by atoms with Crippen LogP contribution < -0.4 is 9.64 Å². The molecule has 1 amide bonds. The Hall–Kier alpha value is -2.81. The Morgan fingerprint density at radius 2 is 1.82 bits per heavy atom. The van der Waals surface area contributed by atoms with E-state index in [4.69, 9.17) is 4.74 Å². The van der Waals surface area contributed by atoms with Crippen molar-refractivity contribution < 1.29 is 22.7 Å². The van der Waals surface area contributed by atoms with Gasteiger partial charge in [-0.25, -0.2) is 0 Å². The smallest absolute Gasteiger partial charge is 0.416 e. The van der Waals surface area contributed by atoms with Crippen LogP contribution in [-0.2, 0) is 11.0 Å². The number of rotatable bonds is 6. The lowest BCUT2D eigenvalue weighted by atomic mass is 9.96. The van der Waals surface area contributed by atoms with Gasteiger partial charge < -0.3 is 14.5 Å². The minimum absolute atomic E-state index is 0.0820. The summed E-state index contributed by atoms with van der Waals surface area (Å²) in [6, 6.07) is 7.49. The van der Waals surface area contributed by atoms with Gasteiger partial charge in [0, 0.05) is 62.6 Å². The van der Waals surface area contributed by atoms with Crippen LogP contribution >= 0.6 is 0 Å². The van der Waals surface area contributed by atoms with Gasteiger partial charge in [0.1, 0.15) is 11.4 Å². The summed E-state index contributed by atoms with van der Waals surface area (Å²) in [5.41, 5.74) is 0.748. The van der Waals surface area contributed by atoms with Gasteiger partial charge in [-0.15, -0.1) is 0 Å². The summed E-state index contributed by atoms with van der Waals surface area (Å²) in [5.74, 6) is 0.854. The predicted molar refractivity (Wildman–Crippen MR) is 124 cm³/mol. The Kier molecular flexibility index (Phi) is 7.30. The van der Waals surface area contributed by atoms with Crippen molar-refractivity contribution in [2.45, 2.75) is 50.9 Å². The number of likely N-dealkylation sites (N-methyl/N-ethyl adjacent to an activating group) is 1. The van der Waals surface area contributed by atoms with Crippen LogP contribution in [-0.4, -0.2) is 66.1 Å². The van der Waals surface area contributed by atoms with Crippen LogP contribution in [0.2, 0.25) is 0 Å². The van der Waals surface area contributed by atoms with E-state index < -0.39 is 11.7 Å². The van der Waals surface area contributed by atoms with E-state index in [0.29, 0.717) is 23.9 Å². The summed E-state index contributed by atoms with van der Waals surface area (Å²) in [6.07, 6.45) is 2.11. The van der Waals surface area contributed by atoms with Crippen molar-refractivity contribution in [2.75, 3.05) is 38.2 Å². The molecule has 2 fully saturated rings. The number of aromatic nitrogens is 1. The fourth-order valence-corrected chi connectivity index (χ4v) is 5.09. The number of benzene rings is 1. The third-order valence-corrected chi connectivity index (χ3v) is 6.95. The zero-order valence-electron chi connectivity index (χ0n) is 19.6. The van der Waals surface area contributed by atoms with Crippen molar-refractivity contribution in [1.29, 1.82) is 0 Å². The van der Waals surface area contributed by atoms with E-state index in [1.807, 2.05) is 11.8 Å². The van der Waals surface area contributed by atoms with Crippen LogP contribution in [0.5, 0.6) is 5.75 Å². The molecular formula is C25H31F3N4O2. The largest absolute Gasteiger partial charge is 0.494 e. The molecule has 2 aliphatic rings. The molecule has 34 heavy (non-hydrogen) atoms. The number of hydrogen-bond acceptors (Lipinski definition) is 5. The third-order valence-electron chi connectivity index (χ3n) is 6.95. The highest BCUT2D eigenvalue weighted by molar-refractivity contribution is 5.77. The van der Waals surface area contributed by atoms with Gasteiger partial charge in [-0.1, -0.05) is 0 Å². The van der Waals surface area contributed by atoms with E-state index in [0.717, 1.165) is 63.3 Å². The van der Waals surface area contributed by atoms with Crippen LogP contribution in [0, 0.1) is 0 Å². The molecule has 6 nitrogen and oxygen atoms in total. The molecule has 4 rings (SSSR count). The Morgan fingerprint density at radius 3 is 2.44 bits per heavy atom. The highest BCUT2D eigenvalue weighted by Gasteiger charge is 2.35. The average Bonchev–Trinajstić information content (AvgIpc) is 2.85. The average molecular weight is 477 g/mol. The number of ether oxygens (including phenoxy) is 1. The van der Waals surface area contributed by atoms with E-state index >= 15 is 0 Å². The second kappa shape index (κ2) is 10.2. The monoisotopic (exact) mass is 476 g/mol. The van der Waals surface area contributed by atoms with Gasteiger partial charge in [0.25, 0.3) is 0 Å². The number of hydrogen-bond donors (Lipinski definition) is 0. The molecule has 0 unspecified atom stereocenters. The number of alkyl halides is 3. The molecule has 0 saturated carbocycles. The zero-order chi connectivity index (χ0) is 24.3. The Labute approximate surface area is 198 Å². The van der Waals surface area contributed by atoms with Gasteiger partial charge in [0.05, 0.1) is 18.9 Å². The molecule has 0 spiro atoms. The molecule has 0 radical (unpaired) electrons. The summed E-state index contributed by atoms with van der Waals surface area (Å²) >= 11 is 0. The normalized spacial score (nSPS) is 20.4. The lowest BCUT2D eigenvalue weighted by Crippen LogP contribution is -2.53. The highest BCUT2D eigenvalue weighted by atomic mass is 19.4. The van der Waals surface area contributed by atoms with Crippen LogP contribution in [0.25, 0.3) is 0 Å². The molecule has 2 aliphatic heterocycles. The fraction of sp³-hybridized carbons (Fsp3) is 0.520. The molecule has 2 saturated heterocycles. The first-order valence-corrected chi connectivity index (χ1v) is 11.8. The molecule has 0 N–H and O–H groups in total. The fourth-order valence-electron chi connectivity index (χ4n) is 5.09. The molecule has 1 aromatic heterocycles. The first-order valence-electron chi connectivity index (χ1n) is 11.8. The standard InChI is InChI=1S/C25H31F3N4O2/c1-3-30-17-21(8-9-24(30)33)31-14-11-20(12-15-31)32(22-16-29-13-10-23(22)34-2)19-6-4-18(5-7-19)25(26,27)28/h4-7,10,13,16,20-21H,3,8-9,11-12,14-15,17H2,1-2H3/t21-/m0/s1. The highest BCUT2D eigenvalue weighted by Crippen LogP contribution is 2.39. The summed E-state index contributed by atoms with van der Waals surface area (Å²) in [7, 11) is 1.58. The zero-order valence-corrected chi connectivity index (χ0v) is 19.6. The Bertz CT molecular complexity index is 975. The topological polar surface area (TPSA) is 48.9 Å². The number of likely N-dealkylation sites (tertiary alicyclic amines) is 2. The predicted octanol–water partition coefficient (Wildman–Crippen LogP) is 4.72. The number of halogens is 3. The van der Waals surface area contributed by atoms with Crippen LogP contribution in [0.4, 0.5) is 24.5 Å². The van der Waals surface area contributed by atoms with Crippen molar-refractivity contribution in [3.8, 4) is 5.75 Å². The maximum atomic E-state index is 13.1. The van der Waals surface area contributed by atoms with Gasteiger partial charge in [0.2, 0.25) is 5.91 Å². The van der Waals surface area contributed by atoms with Gasteiger partial charge in [-0.3, -0.25) is 14.7 Å². The van der Waals surface area contributed by atoms with Gasteiger partial charge in [0.15, 0.2) is 0 Å². The number of carbonyl (C=O) groups excluding carboxylic acids is 1. The maximum Gasteiger partial charge on any atom is 0.416 e. The molecular weight excluding hydrogens is 445 g/mol. The summed E-state index contributed by atoms with van der Waals surface area (Å²) < 4.78 is 45.0. The molecule has 2 aromatic rings. The van der Waals surface area contributed by atoms with Gasteiger partial charge in [-0.2, -0.15) is 13.2 Å². The number of carbonyl (C=O) groups is 1. The van der Waals surface area contributed by atoms with Crippen LogP contribution in [0.1, 0.15) is 38.2 Å². The van der Waals surface area contributed by atoms with E-state index in [9.17, 15) is 18.0 Å². The molecule has 0 bridgehead atoms. The Balaban J connectivity index is 1.55. The number of nitrogens with zero attached hydrogens (tertiary/aromatic N) is 4. The van der Waals surface area contributed by atoms with E-state index in [-0.39, 0.29) is 11.9 Å². The molecule has 1 aromatic carbocycles. The Morgan fingerprint density at radius 1 is 1.12 bits per heavy atom. The number of methoxy groups -OCH3 is 1. The summed E-state index contributed by atoms with van der Waals surface area (Å²) in [5, 5.41) is 0. The van der Waals surface area contributed by atoms with Crippen molar-refractivity contribution in [2.24, 2.45) is 0 Å². The van der Waals surface area contributed by atoms with Gasteiger partial charge in [-0.05, 0) is 50.5 Å². The van der Waals surface area contributed by atoms with E-state index in [1.165, 1.54) is 12.1 Å². The van der Waals surface area contributed by atoms with Crippen molar-refractivity contribution in [3.63, 3.8) is 0 Å². The molecule has 1 atom stereocenters. The lowest BCUT2D eigenvalue weighted by Gasteiger charge is -2.44. The minimum Gasteiger partial charge on any atom is -0.494 e. The van der Waals surface area contributed by atoms with Crippen molar-refractivity contribution in [3.05, 3.63) is 48.3 Å². The summed E-state index contributed by atoms with van der Waals surface area (Å²) in [4.78, 5) is 22.8. The number of amides is 1. The number of piperidine rings is 2. The second-order valence-corrected chi connectivity index (χ2v) is 8.85. The summed E-state index contributed by atoms with van der Waals surface area (Å²) in [6.45, 7) is 5.23. The van der Waals surface area contributed by atoms with Crippen LogP contribution in [0.15, 0.2) is 42.7 Å². The second-order valence-electron chi connectivity index (χ2n) is 8.85. The molecule has 0 aliphatic carbocycles. The number of anilines is 2. The quantitative estimate of drug-likeness (QED) is 0.604. The first-order chi connectivity index (χ1) is 16.3. The van der Waals surface area contributed by atoms with E-state index in [2.05, 4.69) is 14.8 Å². The van der Waals surface area contributed by atoms with Gasteiger partial charge >= 0.3 is 6.18 Å².